The van der Waals surface area contributed by atoms with Gasteiger partial charge in [-0.15, -0.1) is 0 Å². The molecule has 1 atom stereocenters. The lowest BCUT2D eigenvalue weighted by Crippen LogP contribution is -2.42. The second-order valence-corrected chi connectivity index (χ2v) is 8.55. The van der Waals surface area contributed by atoms with E-state index in [9.17, 15) is 19.5 Å². The summed E-state index contributed by atoms with van der Waals surface area (Å²) in [7, 11) is 0. The largest absolute Gasteiger partial charge is 0.508 e. The third kappa shape index (κ3) is 8.66. The second-order valence-electron chi connectivity index (χ2n) is 8.55. The number of nitrogens with one attached hydrogen (secondary N) is 2. The Balaban J connectivity index is 1.49. The number of hydrogen-bond acceptors (Lipinski definition) is 6. The highest BCUT2D eigenvalue weighted by atomic mass is 16.5. The first-order valence-electron chi connectivity index (χ1n) is 12.0. The summed E-state index contributed by atoms with van der Waals surface area (Å²) in [5, 5.41) is 14.7. The number of unbranched alkanes of at least 4 members (excludes halogenated alkanes) is 1. The number of primary amides is 1. The van der Waals surface area contributed by atoms with Crippen molar-refractivity contribution in [2.45, 2.75) is 25.3 Å². The van der Waals surface area contributed by atoms with Gasteiger partial charge in [0.2, 0.25) is 11.8 Å². The summed E-state index contributed by atoms with van der Waals surface area (Å²) in [6, 6.07) is 20.8. The maximum Gasteiger partial charge on any atom is 0.255 e. The Morgan fingerprint density at radius 3 is 2.32 bits per heavy atom. The van der Waals surface area contributed by atoms with Gasteiger partial charge in [0.25, 0.3) is 5.91 Å². The number of carbonyl (C=O) groups is 3. The number of nitrogens with two attached hydrogens (primary N) is 2. The van der Waals surface area contributed by atoms with Crippen LogP contribution in [0, 0.1) is 0 Å². The van der Waals surface area contributed by atoms with E-state index in [0.29, 0.717) is 43.7 Å². The number of aromatic hydroxyl groups is 1. The second kappa shape index (κ2) is 13.6. The van der Waals surface area contributed by atoms with Crippen LogP contribution in [0.15, 0.2) is 72.8 Å². The SMILES string of the molecule is NC(=O)CNC(=O)c1cc(-c2ccccc2)ccc1OCCCCNC(=O)[C@H](N)Cc1ccc(O)cc1. The normalized spacial score (nSPS) is 11.4. The summed E-state index contributed by atoms with van der Waals surface area (Å²) in [4.78, 5) is 36.1. The van der Waals surface area contributed by atoms with Crippen LogP contribution in [-0.4, -0.2) is 48.6 Å². The Kier molecular flexibility index (Phi) is 10.0. The monoisotopic (exact) mass is 504 g/mol. The Hall–Kier alpha value is -4.37. The maximum atomic E-state index is 12.7. The van der Waals surface area contributed by atoms with E-state index in [4.69, 9.17) is 16.2 Å². The molecule has 0 spiro atoms. The minimum absolute atomic E-state index is 0.162. The molecule has 0 fully saturated rings. The fourth-order valence-corrected chi connectivity index (χ4v) is 3.64. The molecule has 0 radical (unpaired) electrons. The van der Waals surface area contributed by atoms with E-state index in [1.54, 1.807) is 36.4 Å². The summed E-state index contributed by atoms with van der Waals surface area (Å²) in [5.74, 6) is -0.795. The van der Waals surface area contributed by atoms with Crippen molar-refractivity contribution in [3.63, 3.8) is 0 Å². The first-order chi connectivity index (χ1) is 17.8. The van der Waals surface area contributed by atoms with Gasteiger partial charge in [-0.1, -0.05) is 48.5 Å². The molecule has 3 rings (SSSR count). The molecule has 3 aromatic rings. The van der Waals surface area contributed by atoms with Gasteiger partial charge in [0.15, 0.2) is 0 Å². The molecule has 7 N–H and O–H groups in total. The molecule has 3 aromatic carbocycles. The summed E-state index contributed by atoms with van der Waals surface area (Å²) in [5.41, 5.74) is 14.1. The Bertz CT molecular complexity index is 1200. The third-order valence-corrected chi connectivity index (χ3v) is 5.61. The molecule has 0 aliphatic rings. The average Bonchev–Trinajstić information content (AvgIpc) is 2.90. The van der Waals surface area contributed by atoms with Crippen LogP contribution in [0.2, 0.25) is 0 Å². The lowest BCUT2D eigenvalue weighted by Gasteiger charge is -2.14. The standard InChI is InChI=1S/C28H32N4O5/c29-24(16-19-8-11-22(33)12-9-19)28(36)31-14-4-5-15-37-25-13-10-21(20-6-2-1-3-7-20)17-23(25)27(35)32-18-26(30)34/h1-3,6-13,17,24,33H,4-5,14-16,18,29H2,(H2,30,34)(H,31,36)(H,32,35)/t24-/m1/s1. The van der Waals surface area contributed by atoms with Gasteiger partial charge in [-0.3, -0.25) is 14.4 Å². The van der Waals surface area contributed by atoms with Crippen LogP contribution in [0.1, 0.15) is 28.8 Å². The van der Waals surface area contributed by atoms with Gasteiger partial charge in [-0.25, -0.2) is 0 Å². The zero-order valence-electron chi connectivity index (χ0n) is 20.5. The van der Waals surface area contributed by atoms with Crippen LogP contribution >= 0.6 is 0 Å². The summed E-state index contributed by atoms with van der Waals surface area (Å²) < 4.78 is 5.86. The molecule has 0 aliphatic carbocycles. The van der Waals surface area contributed by atoms with E-state index < -0.39 is 17.9 Å². The van der Waals surface area contributed by atoms with E-state index in [1.165, 1.54) is 0 Å². The van der Waals surface area contributed by atoms with E-state index in [1.807, 2.05) is 36.4 Å². The molecular weight excluding hydrogens is 472 g/mol. The van der Waals surface area contributed by atoms with Crippen LogP contribution in [-0.2, 0) is 16.0 Å². The van der Waals surface area contributed by atoms with E-state index >= 15 is 0 Å². The van der Waals surface area contributed by atoms with Gasteiger partial charge in [0.05, 0.1) is 24.8 Å². The van der Waals surface area contributed by atoms with Gasteiger partial charge < -0.3 is 31.9 Å². The predicted octanol–water partition coefficient (Wildman–Crippen LogP) is 2.12. The van der Waals surface area contributed by atoms with Crippen LogP contribution in [0.25, 0.3) is 11.1 Å². The molecule has 0 saturated heterocycles. The fourth-order valence-electron chi connectivity index (χ4n) is 3.64. The van der Waals surface area contributed by atoms with Crippen molar-refractivity contribution in [2.24, 2.45) is 11.5 Å². The smallest absolute Gasteiger partial charge is 0.255 e. The fraction of sp³-hybridized carbons (Fsp3) is 0.250. The number of phenols is 1. The zero-order valence-corrected chi connectivity index (χ0v) is 20.5. The number of benzene rings is 3. The molecule has 9 heteroatoms. The molecule has 3 amide bonds. The van der Waals surface area contributed by atoms with Crippen molar-refractivity contribution in [1.29, 1.82) is 0 Å². The molecular formula is C28H32N4O5. The lowest BCUT2D eigenvalue weighted by molar-refractivity contribution is -0.122. The van der Waals surface area contributed by atoms with Gasteiger partial charge in [0.1, 0.15) is 11.5 Å². The molecule has 0 heterocycles. The lowest BCUT2D eigenvalue weighted by atomic mass is 10.0. The zero-order chi connectivity index (χ0) is 26.6. The summed E-state index contributed by atoms with van der Waals surface area (Å²) in [6.07, 6.45) is 1.66. The first-order valence-corrected chi connectivity index (χ1v) is 12.0. The molecule has 0 bridgehead atoms. The average molecular weight is 505 g/mol. The van der Waals surface area contributed by atoms with Gasteiger partial charge >= 0.3 is 0 Å². The molecule has 0 saturated carbocycles. The Morgan fingerprint density at radius 1 is 0.892 bits per heavy atom. The third-order valence-electron chi connectivity index (χ3n) is 5.61. The number of ether oxygens (including phenoxy) is 1. The van der Waals surface area contributed by atoms with Crippen molar-refractivity contribution in [2.75, 3.05) is 19.7 Å². The van der Waals surface area contributed by atoms with Gasteiger partial charge in [-0.2, -0.15) is 0 Å². The van der Waals surface area contributed by atoms with Crippen molar-refractivity contribution < 1.29 is 24.2 Å². The van der Waals surface area contributed by atoms with Crippen LogP contribution in [0.3, 0.4) is 0 Å². The topological polar surface area (TPSA) is 157 Å². The minimum Gasteiger partial charge on any atom is -0.508 e. The molecule has 37 heavy (non-hydrogen) atoms. The number of hydrogen-bond donors (Lipinski definition) is 5. The molecule has 0 unspecified atom stereocenters. The predicted molar refractivity (Wildman–Crippen MR) is 141 cm³/mol. The molecule has 0 aliphatic heterocycles. The molecule has 0 aromatic heterocycles. The highest BCUT2D eigenvalue weighted by molar-refractivity contribution is 5.99. The van der Waals surface area contributed by atoms with Gasteiger partial charge in [-0.05, 0) is 60.2 Å². The Morgan fingerprint density at radius 2 is 1.62 bits per heavy atom. The number of rotatable bonds is 13. The highest BCUT2D eigenvalue weighted by Gasteiger charge is 2.16. The van der Waals surface area contributed by atoms with E-state index in [2.05, 4.69) is 10.6 Å². The quantitative estimate of drug-likeness (QED) is 0.224. The van der Waals surface area contributed by atoms with Crippen molar-refractivity contribution >= 4 is 17.7 Å². The van der Waals surface area contributed by atoms with E-state index in [-0.39, 0.29) is 18.2 Å². The summed E-state index contributed by atoms with van der Waals surface area (Å²) >= 11 is 0. The number of phenolic OH excluding ortho intramolecular Hbond substituents is 1. The minimum atomic E-state index is -0.689. The van der Waals surface area contributed by atoms with Crippen molar-refractivity contribution in [3.8, 4) is 22.6 Å². The first kappa shape index (κ1) is 27.2. The Labute approximate surface area is 215 Å². The van der Waals surface area contributed by atoms with Crippen molar-refractivity contribution in [3.05, 3.63) is 83.9 Å². The summed E-state index contributed by atoms with van der Waals surface area (Å²) in [6.45, 7) is 0.489. The molecule has 194 valence electrons. The van der Waals surface area contributed by atoms with Crippen LogP contribution in [0.4, 0.5) is 0 Å². The van der Waals surface area contributed by atoms with E-state index in [0.717, 1.165) is 16.7 Å². The number of amides is 3. The maximum absolute atomic E-state index is 12.7. The van der Waals surface area contributed by atoms with Crippen LogP contribution in [0.5, 0.6) is 11.5 Å². The van der Waals surface area contributed by atoms with Crippen molar-refractivity contribution in [1.82, 2.24) is 10.6 Å². The number of carbonyl (C=O) groups excluding carboxylic acids is 3. The molecule has 9 nitrogen and oxygen atoms in total. The highest BCUT2D eigenvalue weighted by Crippen LogP contribution is 2.27. The van der Waals surface area contributed by atoms with Gasteiger partial charge in [0, 0.05) is 6.54 Å². The van der Waals surface area contributed by atoms with Crippen LogP contribution < -0.4 is 26.8 Å².